The third-order valence-corrected chi connectivity index (χ3v) is 8.98. The van der Waals surface area contributed by atoms with Crippen LogP contribution in [-0.2, 0) is 10.2 Å². The number of carbonyl (C=O) groups is 1. The molecule has 3 aliphatic heterocycles. The van der Waals surface area contributed by atoms with Gasteiger partial charge >= 0.3 is 0 Å². The average Bonchev–Trinajstić information content (AvgIpc) is 3.34. The number of piperidine rings is 2. The summed E-state index contributed by atoms with van der Waals surface area (Å²) in [5.41, 5.74) is 6.25. The second kappa shape index (κ2) is 8.38. The Morgan fingerprint density at radius 2 is 1.73 bits per heavy atom. The molecule has 2 bridgehead atoms. The fourth-order valence-corrected chi connectivity index (χ4v) is 7.16. The maximum absolute atomic E-state index is 13.2. The molecule has 168 valence electrons. The number of hydrogen-bond donors (Lipinski definition) is 2. The van der Waals surface area contributed by atoms with Crippen molar-refractivity contribution in [2.45, 2.75) is 81.5 Å². The molecule has 0 aromatic carbocycles. The van der Waals surface area contributed by atoms with Gasteiger partial charge < -0.3 is 15.6 Å². The zero-order chi connectivity index (χ0) is 20.2. The van der Waals surface area contributed by atoms with Gasteiger partial charge in [-0.05, 0) is 51.4 Å². The van der Waals surface area contributed by atoms with Crippen molar-refractivity contribution in [2.24, 2.45) is 5.73 Å². The number of hydrogen-bond acceptors (Lipinski definition) is 6. The number of nitrogens with two attached hydrogens (primary N) is 1. The van der Waals surface area contributed by atoms with Crippen LogP contribution in [0.15, 0.2) is 10.6 Å². The molecular weight excluding hydrogens is 430 g/mol. The van der Waals surface area contributed by atoms with Crippen molar-refractivity contribution in [2.75, 3.05) is 13.1 Å². The molecule has 1 aromatic heterocycles. The van der Waals surface area contributed by atoms with E-state index in [-0.39, 0.29) is 42.5 Å². The predicted octanol–water partition coefficient (Wildman–Crippen LogP) is 1.37. The minimum absolute atomic E-state index is 0. The zero-order valence-corrected chi connectivity index (χ0v) is 18.5. The van der Waals surface area contributed by atoms with Gasteiger partial charge in [0, 0.05) is 49.2 Å². The highest BCUT2D eigenvalue weighted by Gasteiger charge is 2.49. The number of carbonyl (C=O) groups excluding carboxylic acids is 1. The summed E-state index contributed by atoms with van der Waals surface area (Å²) in [6.07, 6.45) is 6.58. The molecule has 30 heavy (non-hydrogen) atoms. The van der Waals surface area contributed by atoms with Gasteiger partial charge in [0.2, 0.25) is 0 Å². The Balaban J connectivity index is 0.00000218. The molecule has 4 fully saturated rings. The van der Waals surface area contributed by atoms with Gasteiger partial charge in [0.15, 0.2) is 5.69 Å². The van der Waals surface area contributed by atoms with Crippen LogP contribution in [0.3, 0.4) is 0 Å². The van der Waals surface area contributed by atoms with E-state index in [0.29, 0.717) is 50.4 Å². The van der Waals surface area contributed by atoms with Gasteiger partial charge in [0.1, 0.15) is 5.76 Å². The third kappa shape index (κ3) is 4.12. The number of halogens is 1. The van der Waals surface area contributed by atoms with Gasteiger partial charge in [-0.2, -0.15) is 17.0 Å². The first-order chi connectivity index (χ1) is 13.9. The monoisotopic (exact) mass is 459 g/mol. The van der Waals surface area contributed by atoms with Crippen LogP contribution in [0.5, 0.6) is 0 Å². The van der Waals surface area contributed by atoms with Gasteiger partial charge in [-0.3, -0.25) is 4.79 Å². The molecule has 0 spiro atoms. The van der Waals surface area contributed by atoms with Gasteiger partial charge in [0.25, 0.3) is 16.1 Å². The summed E-state index contributed by atoms with van der Waals surface area (Å²) in [6.45, 7) is 0.990. The summed E-state index contributed by atoms with van der Waals surface area (Å²) in [5.74, 6) is 0.974. The smallest absolute Gasteiger partial charge is 0.282 e. The number of nitrogens with zero attached hydrogens (tertiary/aromatic N) is 3. The van der Waals surface area contributed by atoms with Crippen LogP contribution in [0, 0.1) is 0 Å². The summed E-state index contributed by atoms with van der Waals surface area (Å²) in [4.78, 5) is 12.6. The second-order valence-electron chi connectivity index (χ2n) is 8.99. The van der Waals surface area contributed by atoms with E-state index in [1.165, 1.54) is 0 Å². The fraction of sp³-hybridized carbons (Fsp3) is 0.789. The Kier molecular flexibility index (Phi) is 6.15. The van der Waals surface area contributed by atoms with Crippen LogP contribution < -0.4 is 11.1 Å². The maximum Gasteiger partial charge on any atom is 0.282 e. The molecule has 2 unspecified atom stereocenters. The fourth-order valence-electron chi connectivity index (χ4n) is 5.08. The van der Waals surface area contributed by atoms with E-state index in [4.69, 9.17) is 10.3 Å². The first-order valence-corrected chi connectivity index (χ1v) is 12.1. The average molecular weight is 460 g/mol. The molecule has 1 saturated carbocycles. The summed E-state index contributed by atoms with van der Waals surface area (Å²) < 4.78 is 35.1. The van der Waals surface area contributed by atoms with E-state index in [1.54, 1.807) is 14.7 Å². The van der Waals surface area contributed by atoms with E-state index in [9.17, 15) is 13.2 Å². The number of aromatic nitrogens is 1. The van der Waals surface area contributed by atoms with Crippen molar-refractivity contribution >= 4 is 28.5 Å². The van der Waals surface area contributed by atoms with Crippen molar-refractivity contribution in [3.05, 3.63) is 17.5 Å². The van der Waals surface area contributed by atoms with Crippen molar-refractivity contribution in [1.29, 1.82) is 0 Å². The van der Waals surface area contributed by atoms with Crippen molar-refractivity contribution in [3.63, 3.8) is 0 Å². The lowest BCUT2D eigenvalue weighted by molar-refractivity contribution is 0.0897. The zero-order valence-electron chi connectivity index (χ0n) is 16.9. The number of amides is 1. The molecule has 0 radical (unpaired) electrons. The molecule has 2 atom stereocenters. The van der Waals surface area contributed by atoms with Gasteiger partial charge in [-0.1, -0.05) is 5.16 Å². The Morgan fingerprint density at radius 3 is 2.33 bits per heavy atom. The topological polar surface area (TPSA) is 122 Å². The first kappa shape index (κ1) is 22.0. The molecule has 5 rings (SSSR count). The van der Waals surface area contributed by atoms with E-state index >= 15 is 0 Å². The number of rotatable bonds is 5. The molecule has 1 aliphatic carbocycles. The summed E-state index contributed by atoms with van der Waals surface area (Å²) in [6, 6.07) is 1.68. The van der Waals surface area contributed by atoms with Crippen LogP contribution in [-0.4, -0.2) is 65.3 Å². The van der Waals surface area contributed by atoms with Crippen LogP contribution in [0.25, 0.3) is 0 Å². The lowest BCUT2D eigenvalue weighted by Gasteiger charge is -2.41. The van der Waals surface area contributed by atoms with Gasteiger partial charge in [0.05, 0.1) is 0 Å². The van der Waals surface area contributed by atoms with Gasteiger partial charge in [-0.15, -0.1) is 12.4 Å². The second-order valence-corrected chi connectivity index (χ2v) is 10.8. The Bertz CT molecular complexity index is 867. The molecule has 1 amide bonds. The van der Waals surface area contributed by atoms with E-state index in [0.717, 1.165) is 31.4 Å². The lowest BCUT2D eigenvalue weighted by atomic mass is 9.99. The highest BCUT2D eigenvalue weighted by atomic mass is 35.5. The molecule has 3 N–H and O–H groups in total. The Labute approximate surface area is 183 Å². The Morgan fingerprint density at radius 1 is 1.10 bits per heavy atom. The van der Waals surface area contributed by atoms with Crippen LogP contribution in [0.2, 0.25) is 0 Å². The highest BCUT2D eigenvalue weighted by Crippen LogP contribution is 2.41. The number of fused-ring (bicyclic) bond motifs is 2. The maximum atomic E-state index is 13.2. The predicted molar refractivity (Wildman–Crippen MR) is 113 cm³/mol. The third-order valence-electron chi connectivity index (χ3n) is 6.83. The lowest BCUT2D eigenvalue weighted by Crippen LogP contribution is -2.57. The Hall–Kier alpha value is -1.20. The largest absolute Gasteiger partial charge is 0.360 e. The highest BCUT2D eigenvalue weighted by molar-refractivity contribution is 7.86. The SMILES string of the molecule is Cl.NC1CCN(S(=O)(=O)N2C3CCC2CC(NC(=O)c2cc(C4CC4)on2)C3)CC1. The van der Waals surface area contributed by atoms with E-state index in [2.05, 4.69) is 10.5 Å². The first-order valence-electron chi connectivity index (χ1n) is 10.7. The van der Waals surface area contributed by atoms with Gasteiger partial charge in [-0.25, -0.2) is 0 Å². The summed E-state index contributed by atoms with van der Waals surface area (Å²) in [7, 11) is -3.48. The number of nitrogens with one attached hydrogen (secondary N) is 1. The minimum atomic E-state index is -3.48. The molecule has 3 saturated heterocycles. The van der Waals surface area contributed by atoms with Crippen LogP contribution >= 0.6 is 12.4 Å². The standard InChI is InChI=1S/C19H29N5O4S.ClH/c20-13-5-7-23(8-6-13)29(26,27)24-15-3-4-16(24)10-14(9-15)21-19(25)17-11-18(28-22-17)12-1-2-12;/h11-16H,1-10,20H2,(H,21,25);1H. The molecule has 11 heteroatoms. The normalized spacial score (nSPS) is 30.8. The van der Waals surface area contributed by atoms with Crippen molar-refractivity contribution in [3.8, 4) is 0 Å². The summed E-state index contributed by atoms with van der Waals surface area (Å²) in [5, 5.41) is 6.96. The summed E-state index contributed by atoms with van der Waals surface area (Å²) >= 11 is 0. The molecule has 4 heterocycles. The van der Waals surface area contributed by atoms with Crippen molar-refractivity contribution < 1.29 is 17.7 Å². The minimum Gasteiger partial charge on any atom is -0.360 e. The molecule has 1 aromatic rings. The molecule has 4 aliphatic rings. The van der Waals surface area contributed by atoms with Crippen LogP contribution in [0.1, 0.15) is 73.5 Å². The molecule has 9 nitrogen and oxygen atoms in total. The van der Waals surface area contributed by atoms with Crippen molar-refractivity contribution in [1.82, 2.24) is 19.1 Å². The molecular formula is C19H30ClN5O4S. The van der Waals surface area contributed by atoms with E-state index < -0.39 is 10.2 Å². The van der Waals surface area contributed by atoms with E-state index in [1.807, 2.05) is 0 Å². The quantitative estimate of drug-likeness (QED) is 0.685. The van der Waals surface area contributed by atoms with Crippen LogP contribution in [0.4, 0.5) is 0 Å².